The standard InChI is InChI=1S/C32H21Cl2NO3S/c33-27-14-12-20(16-28(27)34)18-35-31(36)30(39-32(35)37)17-26-25-11-4-2-7-22(25)13-15-29(26)38-19-23-9-5-8-21-6-1-3-10-24(21)23/h1-17H,18-19H2/b30-17-. The van der Waals surface area contributed by atoms with Gasteiger partial charge in [0.1, 0.15) is 12.4 Å². The molecular weight excluding hydrogens is 549 g/mol. The predicted molar refractivity (Wildman–Crippen MR) is 160 cm³/mol. The van der Waals surface area contributed by atoms with E-state index in [1.807, 2.05) is 54.6 Å². The zero-order valence-corrected chi connectivity index (χ0v) is 22.9. The molecule has 192 valence electrons. The summed E-state index contributed by atoms with van der Waals surface area (Å²) in [6, 6.07) is 31.3. The Morgan fingerprint density at radius 2 is 1.49 bits per heavy atom. The maximum absolute atomic E-state index is 13.4. The van der Waals surface area contributed by atoms with Gasteiger partial charge in [-0.25, -0.2) is 0 Å². The first kappa shape index (κ1) is 25.5. The number of carbonyl (C=O) groups excluding carboxylic acids is 2. The molecule has 0 spiro atoms. The highest BCUT2D eigenvalue weighted by atomic mass is 35.5. The van der Waals surface area contributed by atoms with E-state index in [2.05, 4.69) is 24.3 Å². The van der Waals surface area contributed by atoms with Crippen molar-refractivity contribution in [1.82, 2.24) is 4.90 Å². The second-order valence-electron chi connectivity index (χ2n) is 9.14. The molecule has 0 N–H and O–H groups in total. The number of hydrogen-bond acceptors (Lipinski definition) is 4. The van der Waals surface area contributed by atoms with Gasteiger partial charge in [0.25, 0.3) is 11.1 Å². The fraction of sp³-hybridized carbons (Fsp3) is 0.0625. The first-order chi connectivity index (χ1) is 19.0. The highest BCUT2D eigenvalue weighted by Gasteiger charge is 2.35. The normalized spacial score (nSPS) is 14.6. The molecule has 39 heavy (non-hydrogen) atoms. The number of amides is 2. The predicted octanol–water partition coefficient (Wildman–Crippen LogP) is 9.12. The Morgan fingerprint density at radius 3 is 2.28 bits per heavy atom. The van der Waals surface area contributed by atoms with E-state index in [1.54, 1.807) is 24.3 Å². The Balaban J connectivity index is 1.34. The van der Waals surface area contributed by atoms with E-state index in [4.69, 9.17) is 27.9 Å². The van der Waals surface area contributed by atoms with Crippen LogP contribution in [0.4, 0.5) is 4.79 Å². The van der Waals surface area contributed by atoms with Gasteiger partial charge in [-0.3, -0.25) is 14.5 Å². The van der Waals surface area contributed by atoms with E-state index in [-0.39, 0.29) is 17.7 Å². The van der Waals surface area contributed by atoms with Crippen LogP contribution in [0.3, 0.4) is 0 Å². The van der Waals surface area contributed by atoms with Crippen molar-refractivity contribution in [2.75, 3.05) is 0 Å². The molecule has 6 rings (SSSR count). The van der Waals surface area contributed by atoms with Crippen LogP contribution >= 0.6 is 35.0 Å². The summed E-state index contributed by atoms with van der Waals surface area (Å²) < 4.78 is 6.37. The van der Waals surface area contributed by atoms with Crippen molar-refractivity contribution < 1.29 is 14.3 Å². The molecule has 1 saturated heterocycles. The molecule has 1 fully saturated rings. The summed E-state index contributed by atoms with van der Waals surface area (Å²) in [5, 5.41) is 4.68. The topological polar surface area (TPSA) is 46.6 Å². The van der Waals surface area contributed by atoms with E-state index in [0.717, 1.165) is 50.0 Å². The van der Waals surface area contributed by atoms with Crippen LogP contribution in [-0.4, -0.2) is 16.0 Å². The van der Waals surface area contributed by atoms with E-state index in [1.165, 1.54) is 4.90 Å². The molecule has 0 bridgehead atoms. The molecule has 1 aliphatic rings. The van der Waals surface area contributed by atoms with Gasteiger partial charge in [0.2, 0.25) is 0 Å². The fourth-order valence-corrected chi connectivity index (χ4v) is 5.85. The Hall–Kier alpha value is -3.77. The average molecular weight is 570 g/mol. The number of rotatable bonds is 6. The molecule has 0 unspecified atom stereocenters. The largest absolute Gasteiger partial charge is 0.488 e. The molecule has 0 atom stereocenters. The Bertz CT molecular complexity index is 1790. The number of benzene rings is 5. The second kappa shape index (κ2) is 10.8. The van der Waals surface area contributed by atoms with Crippen molar-refractivity contribution in [2.45, 2.75) is 13.2 Å². The van der Waals surface area contributed by atoms with Crippen molar-refractivity contribution >= 4 is 73.7 Å². The van der Waals surface area contributed by atoms with Gasteiger partial charge in [0.05, 0.1) is 21.5 Å². The van der Waals surface area contributed by atoms with Gasteiger partial charge in [-0.15, -0.1) is 0 Å². The van der Waals surface area contributed by atoms with Gasteiger partial charge in [-0.2, -0.15) is 0 Å². The van der Waals surface area contributed by atoms with Crippen LogP contribution in [0.5, 0.6) is 5.75 Å². The van der Waals surface area contributed by atoms with Crippen molar-refractivity contribution in [3.05, 3.63) is 129 Å². The molecule has 1 heterocycles. The van der Waals surface area contributed by atoms with Crippen LogP contribution in [0, 0.1) is 0 Å². The minimum Gasteiger partial charge on any atom is -0.488 e. The van der Waals surface area contributed by atoms with Gasteiger partial charge in [0.15, 0.2) is 0 Å². The number of imide groups is 1. The number of hydrogen-bond donors (Lipinski definition) is 0. The minimum absolute atomic E-state index is 0.110. The van der Waals surface area contributed by atoms with E-state index < -0.39 is 0 Å². The molecule has 2 amide bonds. The summed E-state index contributed by atoms with van der Waals surface area (Å²) in [6.07, 6.45) is 1.76. The third-order valence-electron chi connectivity index (χ3n) is 6.67. The van der Waals surface area contributed by atoms with Crippen molar-refractivity contribution in [3.8, 4) is 5.75 Å². The van der Waals surface area contributed by atoms with E-state index in [0.29, 0.717) is 27.3 Å². The van der Waals surface area contributed by atoms with Crippen molar-refractivity contribution in [1.29, 1.82) is 0 Å². The van der Waals surface area contributed by atoms with E-state index >= 15 is 0 Å². The fourth-order valence-electron chi connectivity index (χ4n) is 4.71. The lowest BCUT2D eigenvalue weighted by Crippen LogP contribution is -2.27. The van der Waals surface area contributed by atoms with Gasteiger partial charge >= 0.3 is 0 Å². The number of carbonyl (C=O) groups is 2. The monoisotopic (exact) mass is 569 g/mol. The van der Waals surface area contributed by atoms with Crippen LogP contribution in [0.1, 0.15) is 16.7 Å². The molecule has 0 radical (unpaired) electrons. The van der Waals surface area contributed by atoms with Crippen LogP contribution in [0.2, 0.25) is 10.0 Å². The molecule has 5 aromatic rings. The number of fused-ring (bicyclic) bond motifs is 2. The number of thioether (sulfide) groups is 1. The lowest BCUT2D eigenvalue weighted by atomic mass is 10.0. The zero-order chi connectivity index (χ0) is 26.9. The SMILES string of the molecule is O=C1S/C(=C\c2c(OCc3cccc4ccccc34)ccc3ccccc23)C(=O)N1Cc1ccc(Cl)c(Cl)c1. The van der Waals surface area contributed by atoms with Gasteiger partial charge in [0, 0.05) is 5.56 Å². The average Bonchev–Trinajstić information content (AvgIpc) is 3.21. The Morgan fingerprint density at radius 1 is 0.769 bits per heavy atom. The van der Waals surface area contributed by atoms with Crippen LogP contribution in [0.15, 0.2) is 102 Å². The second-order valence-corrected chi connectivity index (χ2v) is 10.9. The quantitative estimate of drug-likeness (QED) is 0.191. The Kier molecular flexibility index (Phi) is 7.05. The molecule has 1 aliphatic heterocycles. The highest BCUT2D eigenvalue weighted by Crippen LogP contribution is 2.38. The zero-order valence-electron chi connectivity index (χ0n) is 20.6. The Labute approximate surface area is 239 Å². The lowest BCUT2D eigenvalue weighted by molar-refractivity contribution is -0.123. The first-order valence-corrected chi connectivity index (χ1v) is 13.9. The summed E-state index contributed by atoms with van der Waals surface area (Å²) in [5.41, 5.74) is 2.54. The summed E-state index contributed by atoms with van der Waals surface area (Å²) >= 11 is 13.1. The number of nitrogens with zero attached hydrogens (tertiary/aromatic N) is 1. The first-order valence-electron chi connectivity index (χ1n) is 12.3. The van der Waals surface area contributed by atoms with Crippen LogP contribution in [0.25, 0.3) is 27.6 Å². The third-order valence-corrected chi connectivity index (χ3v) is 8.31. The van der Waals surface area contributed by atoms with Crippen molar-refractivity contribution in [3.63, 3.8) is 0 Å². The summed E-state index contributed by atoms with van der Waals surface area (Å²) in [6.45, 7) is 0.470. The maximum atomic E-state index is 13.4. The van der Waals surface area contributed by atoms with Crippen LogP contribution < -0.4 is 4.74 Å². The van der Waals surface area contributed by atoms with Crippen LogP contribution in [-0.2, 0) is 17.9 Å². The lowest BCUT2D eigenvalue weighted by Gasteiger charge is -2.14. The molecule has 4 nitrogen and oxygen atoms in total. The van der Waals surface area contributed by atoms with Gasteiger partial charge < -0.3 is 4.74 Å². The summed E-state index contributed by atoms with van der Waals surface area (Å²) in [5.74, 6) is 0.280. The molecular formula is C32H21Cl2NO3S. The molecule has 7 heteroatoms. The molecule has 0 aromatic heterocycles. The van der Waals surface area contributed by atoms with Crippen molar-refractivity contribution in [2.24, 2.45) is 0 Å². The molecule has 0 saturated carbocycles. The van der Waals surface area contributed by atoms with Gasteiger partial charge in [-0.1, -0.05) is 102 Å². The van der Waals surface area contributed by atoms with E-state index in [9.17, 15) is 9.59 Å². The highest BCUT2D eigenvalue weighted by molar-refractivity contribution is 8.18. The summed E-state index contributed by atoms with van der Waals surface area (Å²) in [7, 11) is 0. The third kappa shape index (κ3) is 5.13. The summed E-state index contributed by atoms with van der Waals surface area (Å²) in [4.78, 5) is 27.8. The van der Waals surface area contributed by atoms with Gasteiger partial charge in [-0.05, 0) is 68.7 Å². The molecule has 5 aromatic carbocycles. The maximum Gasteiger partial charge on any atom is 0.293 e. The molecule has 0 aliphatic carbocycles. The number of halogens is 2. The minimum atomic E-state index is -0.357. The number of ether oxygens (including phenoxy) is 1. The smallest absolute Gasteiger partial charge is 0.293 e.